The number of aliphatic imine (C=N–C) groups is 3. The Morgan fingerprint density at radius 1 is 0.571 bits per heavy atom. The summed E-state index contributed by atoms with van der Waals surface area (Å²) in [6.45, 7) is 24.1. The molecule has 3 atom stereocenters. The minimum atomic E-state index is -0.592. The number of methoxy groups -OCH3 is 1. The summed E-state index contributed by atoms with van der Waals surface area (Å²) in [5, 5.41) is 36.2. The first-order valence-corrected chi connectivity index (χ1v) is 34.6. The zero-order valence-electron chi connectivity index (χ0n) is 56.8. The van der Waals surface area contributed by atoms with Gasteiger partial charge >= 0.3 is 63.3 Å². The summed E-state index contributed by atoms with van der Waals surface area (Å²) >= 11 is 23.3. The van der Waals surface area contributed by atoms with Crippen LogP contribution in [0.25, 0.3) is 15.0 Å². The first kappa shape index (κ1) is 75.8. The number of aromatic amines is 1. The molecule has 0 radical (unpaired) electrons. The van der Waals surface area contributed by atoms with Crippen molar-refractivity contribution in [1.29, 1.82) is 0 Å². The molecule has 0 spiro atoms. The standard InChI is InChI=1S/C24H24ClN7OS.C24H27ClN4O3S.C21H21ClN4O2S.K.H2S/c1-13-14(2)34-24-21(13)22(16-4-6-17(25)7-5-16)29-19(23-31-30-15(3)32(23)24)10-20(33)27-9-8-18-11-26-12-28-18;1-13-14(2)33-23-20(13)21(15-7-9-16(25)10-8-15)26-17(11-19(30)32-24(3,4)5)22-28-27-18(12-31-6)29(22)23;1-12-24-25-19-16(11-17(27)28-21(2,3)4)23-18(13-5-7-14(22)8-6-13)15-9-10-29-20(15)26(12)19;;/h4-7,11-12,19H,8-10H2,1-3H3,(H,26,28)(H,27,33);7-10,17H,11-12H2,1-6H3;5-10,16H,11H2,1-4H3;;1H2/q;;;+1;/p-1/t19-;17-;16-;;/m000../s1. The number of benzene rings is 3. The Balaban J connectivity index is 0.000000171. The molecule has 1 amide bonds. The van der Waals surface area contributed by atoms with E-state index in [0.717, 1.165) is 94.0 Å². The zero-order valence-corrected chi connectivity index (χ0v) is 65.5. The number of thiol groups is 1. The largest absolute Gasteiger partial charge is 1.00 e. The molecular weight excluding hydrogens is 1410 g/mol. The van der Waals surface area contributed by atoms with Crippen LogP contribution in [0.3, 0.4) is 0 Å². The number of H-pyrrole nitrogens is 1. The molecule has 2 N–H and O–H groups in total. The normalized spacial score (nSPS) is 15.1. The number of esters is 2. The molecule has 0 saturated carbocycles. The van der Waals surface area contributed by atoms with Gasteiger partial charge in [-0.05, 0) is 142 Å². The monoisotopic (exact) mass is 1480 g/mol. The van der Waals surface area contributed by atoms with Crippen LogP contribution in [0.1, 0.15) is 174 Å². The third kappa shape index (κ3) is 17.1. The third-order valence-corrected chi connectivity index (χ3v) is 19.8. The number of nitrogens with zero attached hydrogens (tertiary/aromatic N) is 13. The Morgan fingerprint density at radius 2 is 1.00 bits per heavy atom. The van der Waals surface area contributed by atoms with Crippen LogP contribution in [0.5, 0.6) is 0 Å². The molecule has 506 valence electrons. The molecule has 3 aromatic carbocycles. The maximum Gasteiger partial charge on any atom is 1.00 e. The number of aromatic nitrogens is 11. The molecule has 10 heterocycles. The van der Waals surface area contributed by atoms with Crippen molar-refractivity contribution in [2.45, 2.75) is 145 Å². The van der Waals surface area contributed by atoms with Crippen LogP contribution in [-0.2, 0) is 55.1 Å². The summed E-state index contributed by atoms with van der Waals surface area (Å²) in [4.78, 5) is 62.9. The van der Waals surface area contributed by atoms with Crippen molar-refractivity contribution in [2.24, 2.45) is 15.0 Å². The van der Waals surface area contributed by atoms with Gasteiger partial charge in [-0.25, -0.2) is 4.98 Å². The van der Waals surface area contributed by atoms with Crippen LogP contribution >= 0.6 is 68.8 Å². The van der Waals surface area contributed by atoms with Crippen molar-refractivity contribution in [1.82, 2.24) is 59.6 Å². The smallest absolute Gasteiger partial charge is 0.813 e. The van der Waals surface area contributed by atoms with Gasteiger partial charge in [0.25, 0.3) is 0 Å². The second kappa shape index (κ2) is 32.1. The number of nitrogens with one attached hydrogen (secondary N) is 2. The van der Waals surface area contributed by atoms with Crippen molar-refractivity contribution < 1.29 is 80.0 Å². The molecule has 3 aliphatic heterocycles. The number of carbonyl (C=O) groups excluding carboxylic acids is 3. The minimum absolute atomic E-state index is 0. The van der Waals surface area contributed by atoms with E-state index in [2.05, 4.69) is 78.1 Å². The first-order valence-electron chi connectivity index (χ1n) is 31.0. The van der Waals surface area contributed by atoms with E-state index in [1.165, 1.54) is 9.75 Å². The quantitative estimate of drug-likeness (QED) is 0.0445. The number of rotatable bonds is 14. The predicted molar refractivity (Wildman–Crippen MR) is 386 cm³/mol. The molecule has 0 fully saturated rings. The SMILES string of the molecule is COCc1nnc2n1-c1sc(C)c(C)c1C(c1ccc(Cl)cc1)=N[C@H]2CC(=O)OC(C)(C)C.Cc1nnc2n1-c1sccc1C(c1ccc(Cl)cc1)=N[C@H]2CC(=O)OC(C)(C)C.Cc1sc2c(c1C)C(c1ccc(Cl)cc1)=N[C@@H](CC(=O)NCCc1cnc[nH]1)c1nnc(C)n1-2.[K+].[SH-]. The Hall–Kier alpha value is -6.37. The summed E-state index contributed by atoms with van der Waals surface area (Å²) < 4.78 is 22.6. The van der Waals surface area contributed by atoms with Gasteiger partial charge in [-0.15, -0.1) is 64.6 Å². The number of hydrogen-bond donors (Lipinski definition) is 2. The number of amides is 1. The molecule has 10 aromatic rings. The summed E-state index contributed by atoms with van der Waals surface area (Å²) in [6.07, 6.45) is 4.38. The Kier molecular flexibility index (Phi) is 24.8. The second-order valence-electron chi connectivity index (χ2n) is 25.2. The fourth-order valence-electron chi connectivity index (χ4n) is 11.3. The molecule has 0 bridgehead atoms. The van der Waals surface area contributed by atoms with Crippen molar-refractivity contribution >= 4 is 117 Å². The first-order chi connectivity index (χ1) is 45.7. The van der Waals surface area contributed by atoms with Gasteiger partial charge in [0.05, 0.1) is 42.7 Å². The Labute approximate surface area is 645 Å². The number of fused-ring (bicyclic) bond motifs is 9. The molecule has 29 heteroatoms. The minimum Gasteiger partial charge on any atom is -0.813 e. The van der Waals surface area contributed by atoms with Crippen LogP contribution in [0.15, 0.2) is 112 Å². The van der Waals surface area contributed by atoms with Crippen molar-refractivity contribution in [3.8, 4) is 15.0 Å². The van der Waals surface area contributed by atoms with Gasteiger partial charge in [0.1, 0.15) is 62.6 Å². The van der Waals surface area contributed by atoms with Crippen LogP contribution in [0.2, 0.25) is 15.1 Å². The predicted octanol–water partition coefficient (Wildman–Crippen LogP) is 11.3. The van der Waals surface area contributed by atoms with Crippen LogP contribution in [0, 0.1) is 41.5 Å². The van der Waals surface area contributed by atoms with Crippen LogP contribution < -0.4 is 56.7 Å². The van der Waals surface area contributed by atoms with Gasteiger partial charge in [-0.3, -0.25) is 43.1 Å². The van der Waals surface area contributed by atoms with E-state index in [0.29, 0.717) is 51.3 Å². The number of carbonyl (C=O) groups is 3. The number of hydrogen-bond acceptors (Lipinski definition) is 20. The molecule has 13 rings (SSSR count). The average Bonchev–Trinajstić information content (AvgIpc) is 1.60. The Morgan fingerprint density at radius 3 is 1.46 bits per heavy atom. The maximum absolute atomic E-state index is 12.9. The summed E-state index contributed by atoms with van der Waals surface area (Å²) in [5.74, 6) is 3.35. The van der Waals surface area contributed by atoms with E-state index in [1.54, 1.807) is 53.6 Å². The molecule has 0 aliphatic carbocycles. The number of imidazole rings is 1. The molecule has 98 heavy (non-hydrogen) atoms. The third-order valence-electron chi connectivity index (χ3n) is 15.8. The fraction of sp³-hybridized carbons (Fsp3) is 0.348. The summed E-state index contributed by atoms with van der Waals surface area (Å²) in [6, 6.07) is 23.3. The molecule has 3 aliphatic rings. The van der Waals surface area contributed by atoms with Gasteiger partial charge in [0.2, 0.25) is 5.91 Å². The van der Waals surface area contributed by atoms with Gasteiger partial charge in [-0.1, -0.05) is 71.2 Å². The van der Waals surface area contributed by atoms with Crippen molar-refractivity contribution in [2.75, 3.05) is 13.7 Å². The fourth-order valence-corrected chi connectivity index (χ4v) is 15.0. The van der Waals surface area contributed by atoms with E-state index in [1.807, 2.05) is 149 Å². The summed E-state index contributed by atoms with van der Waals surface area (Å²) in [7, 11) is 1.62. The van der Waals surface area contributed by atoms with Crippen LogP contribution in [-0.4, -0.2) is 114 Å². The van der Waals surface area contributed by atoms with E-state index in [9.17, 15) is 14.4 Å². The van der Waals surface area contributed by atoms with Crippen molar-refractivity contribution in [3.05, 3.63) is 207 Å². The van der Waals surface area contributed by atoms with Gasteiger partial charge in [0, 0.05) is 90.2 Å². The van der Waals surface area contributed by atoms with E-state index in [-0.39, 0.29) is 109 Å². The van der Waals surface area contributed by atoms with Crippen molar-refractivity contribution in [3.63, 3.8) is 0 Å². The maximum atomic E-state index is 12.9. The van der Waals surface area contributed by atoms with Gasteiger partial charge in [-0.2, -0.15) is 0 Å². The second-order valence-corrected chi connectivity index (χ2v) is 29.8. The van der Waals surface area contributed by atoms with E-state index in [4.69, 9.17) is 64.0 Å². The number of ether oxygens (including phenoxy) is 3. The number of aryl methyl sites for hydroxylation is 4. The molecule has 0 unspecified atom stereocenters. The van der Waals surface area contributed by atoms with E-state index >= 15 is 0 Å². The molecule has 7 aromatic heterocycles. The number of halogens is 3. The molecule has 0 saturated heterocycles. The van der Waals surface area contributed by atoms with Gasteiger partial charge < -0.3 is 38.0 Å². The van der Waals surface area contributed by atoms with E-state index < -0.39 is 29.3 Å². The summed E-state index contributed by atoms with van der Waals surface area (Å²) in [5.41, 5.74) is 10.4. The molecular formula is C69H73Cl3KN15O6S4. The topological polar surface area (TPSA) is 249 Å². The Bertz CT molecular complexity index is 4620. The molecule has 21 nitrogen and oxygen atoms in total. The zero-order chi connectivity index (χ0) is 68.5. The van der Waals surface area contributed by atoms with Crippen LogP contribution in [0.4, 0.5) is 0 Å². The number of thiophene rings is 3. The average molecular weight is 1480 g/mol. The van der Waals surface area contributed by atoms with Gasteiger partial charge in [0.15, 0.2) is 23.3 Å².